The largest absolute Gasteiger partial charge is 0.348 e. The Morgan fingerprint density at radius 2 is 1.91 bits per heavy atom. The van der Waals surface area contributed by atoms with E-state index in [0.29, 0.717) is 0 Å². The summed E-state index contributed by atoms with van der Waals surface area (Å²) in [6.07, 6.45) is 5.02. The van der Waals surface area contributed by atoms with E-state index < -0.39 is 11.6 Å². The zero-order valence-corrected chi connectivity index (χ0v) is 12.8. The molecule has 0 aliphatic carbocycles. The van der Waals surface area contributed by atoms with Crippen LogP contribution in [0.4, 0.5) is 8.78 Å². The number of halogens is 2. The van der Waals surface area contributed by atoms with Gasteiger partial charge >= 0.3 is 0 Å². The molecular weight excluding hydrogens is 304 g/mol. The molecule has 0 aromatic heterocycles. The number of rotatable bonds is 5. The maximum absolute atomic E-state index is 13.4. The molecule has 0 bridgehead atoms. The van der Waals surface area contributed by atoms with Crippen LogP contribution in [0.3, 0.4) is 0 Å². The monoisotopic (exact) mass is 319 g/mol. The van der Waals surface area contributed by atoms with Crippen LogP contribution in [0.25, 0.3) is 6.08 Å². The van der Waals surface area contributed by atoms with E-state index >= 15 is 0 Å². The van der Waals surface area contributed by atoms with E-state index in [1.165, 1.54) is 6.08 Å². The fraction of sp³-hybridized carbons (Fsp3) is 0.118. The van der Waals surface area contributed by atoms with Gasteiger partial charge in [-0.2, -0.15) is 0 Å². The predicted octanol–water partition coefficient (Wildman–Crippen LogP) is 4.02. The molecule has 114 valence electrons. The van der Waals surface area contributed by atoms with Crippen LogP contribution in [0.2, 0.25) is 0 Å². The second kappa shape index (κ2) is 7.75. The molecule has 0 aliphatic heterocycles. The third-order valence-electron chi connectivity index (χ3n) is 3.00. The Morgan fingerprint density at radius 1 is 1.18 bits per heavy atom. The van der Waals surface area contributed by atoms with Gasteiger partial charge in [-0.15, -0.1) is 11.8 Å². The van der Waals surface area contributed by atoms with Gasteiger partial charge in [-0.3, -0.25) is 4.79 Å². The average molecular weight is 319 g/mol. The molecule has 2 rings (SSSR count). The molecule has 0 atom stereocenters. The van der Waals surface area contributed by atoms with Crippen molar-refractivity contribution in [2.45, 2.75) is 11.4 Å². The highest BCUT2D eigenvalue weighted by Gasteiger charge is 2.04. The standard InChI is InChI=1S/C17H15F2NOS/c1-22-15-6-2-12(3-7-15)4-9-17(21)20-11-13-10-14(18)5-8-16(13)19/h2-10H,11H2,1H3,(H,20,21)/b9-4+. The number of carbonyl (C=O) groups is 1. The molecule has 2 aromatic carbocycles. The van der Waals surface area contributed by atoms with Gasteiger partial charge in [0.05, 0.1) is 0 Å². The summed E-state index contributed by atoms with van der Waals surface area (Å²) in [4.78, 5) is 12.8. The number of thioether (sulfide) groups is 1. The molecule has 5 heteroatoms. The van der Waals surface area contributed by atoms with Crippen molar-refractivity contribution >= 4 is 23.7 Å². The molecular formula is C17H15F2NOS. The molecule has 1 N–H and O–H groups in total. The van der Waals surface area contributed by atoms with Crippen molar-refractivity contribution in [1.29, 1.82) is 0 Å². The summed E-state index contributed by atoms with van der Waals surface area (Å²) in [6.45, 7) is -0.0574. The molecule has 0 heterocycles. The molecule has 0 saturated heterocycles. The highest BCUT2D eigenvalue weighted by molar-refractivity contribution is 7.98. The Balaban J connectivity index is 1.92. The van der Waals surface area contributed by atoms with Crippen LogP contribution >= 0.6 is 11.8 Å². The van der Waals surface area contributed by atoms with Gasteiger partial charge in [-0.25, -0.2) is 8.78 Å². The first kappa shape index (κ1) is 16.2. The lowest BCUT2D eigenvalue weighted by molar-refractivity contribution is -0.116. The molecule has 1 amide bonds. The van der Waals surface area contributed by atoms with Crippen LogP contribution in [0.5, 0.6) is 0 Å². The lowest BCUT2D eigenvalue weighted by Gasteiger charge is -2.04. The summed E-state index contributed by atoms with van der Waals surface area (Å²) in [5, 5.41) is 2.52. The van der Waals surface area contributed by atoms with Crippen molar-refractivity contribution in [3.05, 3.63) is 71.3 Å². The van der Waals surface area contributed by atoms with E-state index in [-0.39, 0.29) is 18.0 Å². The number of nitrogens with one attached hydrogen (secondary N) is 1. The summed E-state index contributed by atoms with van der Waals surface area (Å²) < 4.78 is 26.4. The van der Waals surface area contributed by atoms with Gasteiger partial charge in [0.2, 0.25) is 5.91 Å². The average Bonchev–Trinajstić information content (AvgIpc) is 2.54. The Hall–Kier alpha value is -2.14. The van der Waals surface area contributed by atoms with E-state index in [1.54, 1.807) is 17.8 Å². The molecule has 2 nitrogen and oxygen atoms in total. The number of hydrogen-bond donors (Lipinski definition) is 1. The summed E-state index contributed by atoms with van der Waals surface area (Å²) in [7, 11) is 0. The van der Waals surface area contributed by atoms with E-state index in [0.717, 1.165) is 28.7 Å². The van der Waals surface area contributed by atoms with Crippen LogP contribution in [-0.2, 0) is 11.3 Å². The number of hydrogen-bond acceptors (Lipinski definition) is 2. The maximum Gasteiger partial charge on any atom is 0.244 e. The second-order valence-corrected chi connectivity index (χ2v) is 5.44. The van der Waals surface area contributed by atoms with Gasteiger partial charge in [0, 0.05) is 23.1 Å². The zero-order valence-electron chi connectivity index (χ0n) is 12.0. The SMILES string of the molecule is CSc1ccc(/C=C/C(=O)NCc2cc(F)ccc2F)cc1. The lowest BCUT2D eigenvalue weighted by atomic mass is 10.2. The van der Waals surface area contributed by atoms with Crippen molar-refractivity contribution in [2.24, 2.45) is 0 Å². The van der Waals surface area contributed by atoms with Crippen LogP contribution in [0.1, 0.15) is 11.1 Å². The summed E-state index contributed by atoms with van der Waals surface area (Å²) in [5.41, 5.74) is 1.01. The summed E-state index contributed by atoms with van der Waals surface area (Å²) >= 11 is 1.64. The van der Waals surface area contributed by atoms with Crippen molar-refractivity contribution in [2.75, 3.05) is 6.26 Å². The summed E-state index contributed by atoms with van der Waals surface area (Å²) in [5.74, 6) is -1.44. The molecule has 2 aromatic rings. The van der Waals surface area contributed by atoms with Gasteiger partial charge in [0.15, 0.2) is 0 Å². The Bertz CT molecular complexity index is 684. The normalized spacial score (nSPS) is 10.9. The second-order valence-electron chi connectivity index (χ2n) is 4.56. The van der Waals surface area contributed by atoms with Crippen molar-refractivity contribution < 1.29 is 13.6 Å². The molecule has 0 spiro atoms. The highest BCUT2D eigenvalue weighted by atomic mass is 32.2. The highest BCUT2D eigenvalue weighted by Crippen LogP contribution is 2.15. The first-order chi connectivity index (χ1) is 10.6. The molecule has 0 unspecified atom stereocenters. The maximum atomic E-state index is 13.4. The molecule has 0 radical (unpaired) electrons. The van der Waals surface area contributed by atoms with Crippen LogP contribution in [-0.4, -0.2) is 12.2 Å². The fourth-order valence-electron chi connectivity index (χ4n) is 1.81. The number of carbonyl (C=O) groups excluding carboxylic acids is 1. The third-order valence-corrected chi connectivity index (χ3v) is 3.75. The van der Waals surface area contributed by atoms with Crippen molar-refractivity contribution in [1.82, 2.24) is 5.32 Å². The quantitative estimate of drug-likeness (QED) is 0.666. The first-order valence-corrected chi connectivity index (χ1v) is 7.85. The van der Waals surface area contributed by atoms with Gasteiger partial charge in [0.1, 0.15) is 11.6 Å². The van der Waals surface area contributed by atoms with E-state index in [1.807, 2.05) is 30.5 Å². The smallest absolute Gasteiger partial charge is 0.244 e. The van der Waals surface area contributed by atoms with E-state index in [2.05, 4.69) is 5.32 Å². The predicted molar refractivity (Wildman–Crippen MR) is 85.5 cm³/mol. The van der Waals surface area contributed by atoms with Crippen molar-refractivity contribution in [3.63, 3.8) is 0 Å². The minimum absolute atomic E-state index is 0.0574. The number of amides is 1. The van der Waals surface area contributed by atoms with Gasteiger partial charge in [-0.1, -0.05) is 12.1 Å². The van der Waals surface area contributed by atoms with Crippen molar-refractivity contribution in [3.8, 4) is 0 Å². The molecule has 22 heavy (non-hydrogen) atoms. The van der Waals surface area contributed by atoms with Gasteiger partial charge < -0.3 is 5.32 Å². The molecule has 0 saturated carbocycles. The van der Waals surface area contributed by atoms with Crippen LogP contribution < -0.4 is 5.32 Å². The van der Waals surface area contributed by atoms with E-state index in [4.69, 9.17) is 0 Å². The summed E-state index contributed by atoms with van der Waals surface area (Å²) in [6, 6.07) is 10.9. The third kappa shape index (κ3) is 4.70. The Kier molecular flexibility index (Phi) is 5.72. The topological polar surface area (TPSA) is 29.1 Å². The first-order valence-electron chi connectivity index (χ1n) is 6.62. The van der Waals surface area contributed by atoms with Gasteiger partial charge in [-0.05, 0) is 48.2 Å². The minimum atomic E-state index is -0.543. The van der Waals surface area contributed by atoms with Crippen LogP contribution in [0, 0.1) is 11.6 Å². The zero-order chi connectivity index (χ0) is 15.9. The fourth-order valence-corrected chi connectivity index (χ4v) is 2.22. The van der Waals surface area contributed by atoms with E-state index in [9.17, 15) is 13.6 Å². The number of benzene rings is 2. The Labute approximate surface area is 132 Å². The molecule has 0 aliphatic rings. The molecule has 0 fully saturated rings. The van der Waals surface area contributed by atoms with Gasteiger partial charge in [0.25, 0.3) is 0 Å². The Morgan fingerprint density at radius 3 is 2.59 bits per heavy atom. The lowest BCUT2D eigenvalue weighted by Crippen LogP contribution is -2.21. The van der Waals surface area contributed by atoms with Crippen LogP contribution in [0.15, 0.2) is 53.4 Å². The minimum Gasteiger partial charge on any atom is -0.348 e.